The lowest BCUT2D eigenvalue weighted by Gasteiger charge is -2.01. The van der Waals surface area contributed by atoms with Crippen LogP contribution in [0.3, 0.4) is 0 Å². The van der Waals surface area contributed by atoms with E-state index < -0.39 is 0 Å². The molecule has 0 unspecified atom stereocenters. The zero-order chi connectivity index (χ0) is 14.0. The van der Waals surface area contributed by atoms with Crippen LogP contribution >= 0.6 is 12.2 Å². The molecule has 6 heteroatoms. The van der Waals surface area contributed by atoms with Crippen LogP contribution in [0.5, 0.6) is 5.88 Å². The molecule has 0 aliphatic carbocycles. The number of hydrogen-bond donors (Lipinski definition) is 2. The maximum atomic E-state index is 12.5. The molecule has 2 aromatic heterocycles. The van der Waals surface area contributed by atoms with Crippen molar-refractivity contribution in [3.8, 4) is 17.0 Å². The van der Waals surface area contributed by atoms with Crippen LogP contribution in [0.2, 0.25) is 0 Å². The quantitative estimate of drug-likeness (QED) is 0.485. The smallest absolute Gasteiger partial charge is 0.284 e. The topological polar surface area (TPSA) is 69.9 Å². The summed E-state index contributed by atoms with van der Waals surface area (Å²) >= 11 is 5.05. The summed E-state index contributed by atoms with van der Waals surface area (Å²) < 4.78 is 1.44. The minimum absolute atomic E-state index is 0.101. The van der Waals surface area contributed by atoms with Crippen LogP contribution in [0.4, 0.5) is 5.69 Å². The van der Waals surface area contributed by atoms with Gasteiger partial charge in [0.1, 0.15) is 10.9 Å². The largest absolute Gasteiger partial charge is 0.493 e. The molecule has 98 valence electrons. The molecule has 0 atom stereocenters. The highest BCUT2D eigenvalue weighted by atomic mass is 32.1. The molecule has 3 heterocycles. The number of aromatic hydroxyl groups is 1. The summed E-state index contributed by atoms with van der Waals surface area (Å²) in [4.78, 5) is 19.4. The van der Waals surface area contributed by atoms with Gasteiger partial charge in [0.15, 0.2) is 4.77 Å². The third-order valence-electron chi connectivity index (χ3n) is 3.53. The van der Waals surface area contributed by atoms with Crippen LogP contribution in [-0.4, -0.2) is 14.5 Å². The lowest BCUT2D eigenvalue weighted by Crippen LogP contribution is -2.30. The van der Waals surface area contributed by atoms with Gasteiger partial charge in [-0.3, -0.25) is 4.79 Å². The number of fused-ring (bicyclic) bond motifs is 4. The van der Waals surface area contributed by atoms with E-state index in [1.807, 2.05) is 25.1 Å². The standard InChI is InChI=1S/C14H9N3O2S/c1-6-2-3-9-7(4-6)8-5-10-12(18)16-14(20)17(10)13(19)11(8)15-9/h2-5,18H,1H3,(H,16,20). The molecule has 1 aliphatic rings. The van der Waals surface area contributed by atoms with Crippen molar-refractivity contribution in [2.45, 2.75) is 6.92 Å². The van der Waals surface area contributed by atoms with Gasteiger partial charge < -0.3 is 10.1 Å². The van der Waals surface area contributed by atoms with Crippen molar-refractivity contribution in [3.05, 3.63) is 50.3 Å². The van der Waals surface area contributed by atoms with Gasteiger partial charge in [-0.25, -0.2) is 9.39 Å². The van der Waals surface area contributed by atoms with Crippen LogP contribution in [0.1, 0.15) is 5.56 Å². The molecule has 0 saturated heterocycles. The number of nitrogens with zero attached hydrogens (tertiary/aromatic N) is 2. The number of aryl methyl sites for hydroxylation is 1. The van der Waals surface area contributed by atoms with Gasteiger partial charge >= 0.3 is 0 Å². The van der Waals surface area contributed by atoms with Gasteiger partial charge in [-0.15, -0.1) is 0 Å². The summed E-state index contributed by atoms with van der Waals surface area (Å²) in [7, 11) is 0. The Kier molecular flexibility index (Phi) is 2.01. The maximum absolute atomic E-state index is 12.5. The van der Waals surface area contributed by atoms with Crippen molar-refractivity contribution in [1.29, 1.82) is 0 Å². The third-order valence-corrected chi connectivity index (χ3v) is 3.81. The molecule has 1 aliphatic heterocycles. The van der Waals surface area contributed by atoms with Crippen molar-refractivity contribution in [2.24, 2.45) is 4.99 Å². The average Bonchev–Trinajstić information content (AvgIpc) is 2.89. The first-order valence-corrected chi connectivity index (χ1v) is 6.47. The molecule has 0 radical (unpaired) electrons. The van der Waals surface area contributed by atoms with Gasteiger partial charge in [0, 0.05) is 11.1 Å². The van der Waals surface area contributed by atoms with Gasteiger partial charge in [0.25, 0.3) is 5.56 Å². The first-order valence-electron chi connectivity index (χ1n) is 6.07. The lowest BCUT2D eigenvalue weighted by molar-refractivity contribution is 0.462. The summed E-state index contributed by atoms with van der Waals surface area (Å²) in [6.45, 7) is 1.98. The average molecular weight is 283 g/mol. The number of H-pyrrole nitrogens is 1. The molecule has 0 fully saturated rings. The minimum Gasteiger partial charge on any atom is -0.493 e. The molecule has 0 spiro atoms. The fraction of sp³-hybridized carbons (Fsp3) is 0.0714. The summed E-state index contributed by atoms with van der Waals surface area (Å²) in [6.07, 6.45) is 0. The Hall–Kier alpha value is -2.47. The van der Waals surface area contributed by atoms with Crippen molar-refractivity contribution in [2.75, 3.05) is 0 Å². The first kappa shape index (κ1) is 11.4. The fourth-order valence-electron chi connectivity index (χ4n) is 2.59. The predicted molar refractivity (Wildman–Crippen MR) is 77.1 cm³/mol. The monoisotopic (exact) mass is 283 g/mol. The molecule has 3 aromatic rings. The van der Waals surface area contributed by atoms with Gasteiger partial charge in [-0.05, 0) is 37.3 Å². The molecular weight excluding hydrogens is 274 g/mol. The Morgan fingerprint density at radius 3 is 2.90 bits per heavy atom. The number of rotatable bonds is 0. The molecule has 0 bridgehead atoms. The highest BCUT2D eigenvalue weighted by Crippen LogP contribution is 2.33. The van der Waals surface area contributed by atoms with E-state index in [0.717, 1.165) is 22.4 Å². The number of hydrogen-bond acceptors (Lipinski definition) is 4. The second-order valence-electron chi connectivity index (χ2n) is 4.84. The Morgan fingerprint density at radius 1 is 1.30 bits per heavy atom. The Labute approximate surface area is 117 Å². The molecule has 4 rings (SSSR count). The van der Waals surface area contributed by atoms with Crippen LogP contribution < -0.4 is 10.9 Å². The van der Waals surface area contributed by atoms with Crippen LogP contribution in [0, 0.1) is 11.7 Å². The second kappa shape index (κ2) is 3.55. The van der Waals surface area contributed by atoms with Crippen molar-refractivity contribution in [1.82, 2.24) is 9.38 Å². The van der Waals surface area contributed by atoms with E-state index in [4.69, 9.17) is 12.2 Å². The number of aromatic amines is 1. The van der Waals surface area contributed by atoms with Gasteiger partial charge in [-0.2, -0.15) is 0 Å². The summed E-state index contributed by atoms with van der Waals surface area (Å²) in [5.41, 5.74) is 3.57. The number of nitrogens with one attached hydrogen (secondary N) is 1. The van der Waals surface area contributed by atoms with Crippen molar-refractivity contribution in [3.63, 3.8) is 0 Å². The van der Waals surface area contributed by atoms with E-state index in [0.29, 0.717) is 10.9 Å². The molecular formula is C14H9N3O2S. The predicted octanol–water partition coefficient (Wildman–Crippen LogP) is 2.02. The lowest BCUT2D eigenvalue weighted by atomic mass is 10.0. The van der Waals surface area contributed by atoms with Crippen LogP contribution in [0.15, 0.2) is 34.1 Å². The van der Waals surface area contributed by atoms with Crippen molar-refractivity contribution >= 4 is 23.4 Å². The second-order valence-corrected chi connectivity index (χ2v) is 5.23. The Balaban J connectivity index is 2.26. The summed E-state index contributed by atoms with van der Waals surface area (Å²) in [6, 6.07) is 7.57. The number of benzene rings is 1. The first-order chi connectivity index (χ1) is 9.56. The molecule has 0 amide bonds. The van der Waals surface area contributed by atoms with E-state index in [9.17, 15) is 9.90 Å². The molecule has 2 N–H and O–H groups in total. The molecule has 20 heavy (non-hydrogen) atoms. The Bertz CT molecular complexity index is 1060. The fourth-order valence-corrected chi connectivity index (χ4v) is 2.87. The third kappa shape index (κ3) is 1.28. The Morgan fingerprint density at radius 2 is 2.10 bits per heavy atom. The molecule has 5 nitrogen and oxygen atoms in total. The highest BCUT2D eigenvalue weighted by molar-refractivity contribution is 7.71. The molecule has 1 aromatic carbocycles. The van der Waals surface area contributed by atoms with E-state index in [-0.39, 0.29) is 16.2 Å². The van der Waals surface area contributed by atoms with E-state index in [2.05, 4.69) is 9.98 Å². The van der Waals surface area contributed by atoms with E-state index >= 15 is 0 Å². The zero-order valence-corrected chi connectivity index (χ0v) is 11.3. The van der Waals surface area contributed by atoms with Crippen LogP contribution in [-0.2, 0) is 0 Å². The van der Waals surface area contributed by atoms with Gasteiger partial charge in [0.2, 0.25) is 5.88 Å². The normalized spacial score (nSPS) is 12.2. The van der Waals surface area contributed by atoms with Gasteiger partial charge in [0.05, 0.1) is 5.69 Å². The van der Waals surface area contributed by atoms with E-state index in [1.165, 1.54) is 4.40 Å². The van der Waals surface area contributed by atoms with Crippen LogP contribution in [0.25, 0.3) is 16.6 Å². The number of pyridine rings is 1. The van der Waals surface area contributed by atoms with Crippen molar-refractivity contribution < 1.29 is 5.11 Å². The molecule has 0 saturated carbocycles. The zero-order valence-electron chi connectivity index (χ0n) is 10.5. The van der Waals surface area contributed by atoms with E-state index in [1.54, 1.807) is 6.07 Å². The summed E-state index contributed by atoms with van der Waals surface area (Å²) in [5.74, 6) is -0.101. The number of imidazole rings is 1. The highest BCUT2D eigenvalue weighted by Gasteiger charge is 2.20. The van der Waals surface area contributed by atoms with Gasteiger partial charge in [-0.1, -0.05) is 11.6 Å². The SMILES string of the molecule is Cc1ccc2c(c1)-c1cc3c(O)[nH]c(=S)n3c(=O)c1=N2. The minimum atomic E-state index is -0.312. The maximum Gasteiger partial charge on any atom is 0.284 e. The summed E-state index contributed by atoms with van der Waals surface area (Å²) in [5, 5.41) is 10.2. The number of aromatic nitrogens is 2.